The molecule has 0 atom stereocenters. The van der Waals surface area contributed by atoms with Crippen molar-refractivity contribution >= 4 is 11.4 Å². The van der Waals surface area contributed by atoms with Gasteiger partial charge in [0.2, 0.25) is 0 Å². The Labute approximate surface area is 78.1 Å². The molecule has 0 aliphatic carbocycles. The molecule has 0 amide bonds. The van der Waals surface area contributed by atoms with Gasteiger partial charge in [-0.1, -0.05) is 0 Å². The highest BCUT2D eigenvalue weighted by Gasteiger charge is 2.09. The molecule has 1 aromatic carbocycles. The maximum Gasteiger partial charge on any atom is 0.118 e. The van der Waals surface area contributed by atoms with Crippen molar-refractivity contribution in [2.45, 2.75) is 6.42 Å². The Morgan fingerprint density at radius 3 is 2.62 bits per heavy atom. The summed E-state index contributed by atoms with van der Waals surface area (Å²) in [5.74, 6) is 0. The van der Waals surface area contributed by atoms with Gasteiger partial charge >= 0.3 is 0 Å². The number of benzene rings is 1. The van der Waals surface area contributed by atoms with Gasteiger partial charge < -0.3 is 15.4 Å². The number of nitrogen functional groups attached to an aromatic ring is 1. The van der Waals surface area contributed by atoms with Crippen LogP contribution in [0.3, 0.4) is 0 Å². The first-order valence-electron chi connectivity index (χ1n) is 4.54. The zero-order valence-corrected chi connectivity index (χ0v) is 7.57. The van der Waals surface area contributed by atoms with Crippen LogP contribution in [0.25, 0.3) is 0 Å². The molecule has 1 aliphatic rings. The molecule has 0 spiro atoms. The Kier molecular flexibility index (Phi) is 2.36. The zero-order chi connectivity index (χ0) is 9.10. The predicted molar refractivity (Wildman–Crippen MR) is 53.6 cm³/mol. The van der Waals surface area contributed by atoms with Crippen LogP contribution in [0.15, 0.2) is 24.3 Å². The lowest BCUT2D eigenvalue weighted by Crippen LogP contribution is -2.32. The number of rotatable bonds is 1. The second-order valence-electron chi connectivity index (χ2n) is 3.25. The quantitative estimate of drug-likeness (QED) is 0.661. The summed E-state index contributed by atoms with van der Waals surface area (Å²) in [6.07, 6.45) is 1.10. The van der Waals surface area contributed by atoms with Crippen LogP contribution in [0.2, 0.25) is 0 Å². The van der Waals surface area contributed by atoms with E-state index in [2.05, 4.69) is 4.90 Å². The first-order chi connectivity index (χ1) is 6.36. The van der Waals surface area contributed by atoms with Crippen LogP contribution in [0, 0.1) is 0 Å². The van der Waals surface area contributed by atoms with Gasteiger partial charge in [-0.25, -0.2) is 0 Å². The highest BCUT2D eigenvalue weighted by molar-refractivity contribution is 5.52. The fourth-order valence-electron chi connectivity index (χ4n) is 1.49. The molecule has 0 unspecified atom stereocenters. The van der Waals surface area contributed by atoms with Crippen molar-refractivity contribution in [3.63, 3.8) is 0 Å². The Hall–Kier alpha value is -1.22. The number of nitrogens with zero attached hydrogens (tertiary/aromatic N) is 1. The van der Waals surface area contributed by atoms with Crippen LogP contribution in [-0.4, -0.2) is 19.9 Å². The van der Waals surface area contributed by atoms with E-state index in [0.29, 0.717) is 6.73 Å². The van der Waals surface area contributed by atoms with Crippen LogP contribution < -0.4 is 10.6 Å². The minimum atomic E-state index is 0.698. The molecule has 13 heavy (non-hydrogen) atoms. The van der Waals surface area contributed by atoms with Gasteiger partial charge in [-0.2, -0.15) is 0 Å². The molecule has 0 bridgehead atoms. The van der Waals surface area contributed by atoms with Crippen LogP contribution in [0.4, 0.5) is 11.4 Å². The van der Waals surface area contributed by atoms with Crippen molar-refractivity contribution in [1.82, 2.24) is 0 Å². The van der Waals surface area contributed by atoms with Gasteiger partial charge in [0, 0.05) is 17.9 Å². The molecule has 3 heteroatoms. The van der Waals surface area contributed by atoms with E-state index >= 15 is 0 Å². The maximum atomic E-state index is 5.61. The third-order valence-corrected chi connectivity index (χ3v) is 2.22. The molecule has 1 heterocycles. The van der Waals surface area contributed by atoms with Crippen molar-refractivity contribution < 1.29 is 4.74 Å². The lowest BCUT2D eigenvalue weighted by atomic mass is 10.2. The van der Waals surface area contributed by atoms with Crippen molar-refractivity contribution in [3.05, 3.63) is 24.3 Å². The predicted octanol–water partition coefficient (Wildman–Crippen LogP) is 1.45. The molecule has 2 rings (SSSR count). The Morgan fingerprint density at radius 1 is 1.23 bits per heavy atom. The van der Waals surface area contributed by atoms with E-state index in [1.165, 1.54) is 5.69 Å². The first kappa shape index (κ1) is 8.38. The molecule has 0 radical (unpaired) electrons. The monoisotopic (exact) mass is 178 g/mol. The van der Waals surface area contributed by atoms with Crippen molar-refractivity contribution in [1.29, 1.82) is 0 Å². The van der Waals surface area contributed by atoms with E-state index in [0.717, 1.165) is 25.3 Å². The molecule has 2 N–H and O–H groups in total. The number of anilines is 2. The molecular weight excluding hydrogens is 164 g/mol. The van der Waals surface area contributed by atoms with Crippen molar-refractivity contribution in [3.8, 4) is 0 Å². The van der Waals surface area contributed by atoms with Gasteiger partial charge in [0.25, 0.3) is 0 Å². The van der Waals surface area contributed by atoms with E-state index in [4.69, 9.17) is 10.5 Å². The molecule has 3 nitrogen and oxygen atoms in total. The van der Waals surface area contributed by atoms with Gasteiger partial charge in [0.15, 0.2) is 0 Å². The van der Waals surface area contributed by atoms with Gasteiger partial charge in [-0.05, 0) is 30.7 Å². The summed E-state index contributed by atoms with van der Waals surface area (Å²) in [6.45, 7) is 2.65. The van der Waals surface area contributed by atoms with Crippen LogP contribution in [0.5, 0.6) is 0 Å². The summed E-state index contributed by atoms with van der Waals surface area (Å²) in [5.41, 5.74) is 7.60. The van der Waals surface area contributed by atoms with Crippen LogP contribution >= 0.6 is 0 Å². The molecule has 1 saturated heterocycles. The smallest absolute Gasteiger partial charge is 0.118 e. The normalized spacial score (nSPS) is 17.4. The highest BCUT2D eigenvalue weighted by Crippen LogP contribution is 2.18. The molecule has 1 fully saturated rings. The van der Waals surface area contributed by atoms with E-state index in [1.807, 2.05) is 24.3 Å². The average molecular weight is 178 g/mol. The standard InChI is InChI=1S/C10H14N2O/c11-9-2-4-10(5-3-9)12-6-1-7-13-8-12/h2-5H,1,6-8,11H2. The second kappa shape index (κ2) is 3.66. The summed E-state index contributed by atoms with van der Waals surface area (Å²) in [5, 5.41) is 0. The lowest BCUT2D eigenvalue weighted by Gasteiger charge is -2.28. The van der Waals surface area contributed by atoms with Crippen molar-refractivity contribution in [2.75, 3.05) is 30.5 Å². The van der Waals surface area contributed by atoms with Crippen LogP contribution in [-0.2, 0) is 4.74 Å². The Morgan fingerprint density at radius 2 is 2.00 bits per heavy atom. The lowest BCUT2D eigenvalue weighted by molar-refractivity contribution is 0.107. The zero-order valence-electron chi connectivity index (χ0n) is 7.57. The molecule has 0 saturated carbocycles. The fourth-order valence-corrected chi connectivity index (χ4v) is 1.49. The highest BCUT2D eigenvalue weighted by atomic mass is 16.5. The minimum absolute atomic E-state index is 0.698. The Balaban J connectivity index is 2.10. The third-order valence-electron chi connectivity index (χ3n) is 2.22. The molecule has 70 valence electrons. The van der Waals surface area contributed by atoms with Gasteiger partial charge in [0.1, 0.15) is 6.73 Å². The average Bonchev–Trinajstić information content (AvgIpc) is 2.20. The fraction of sp³-hybridized carbons (Fsp3) is 0.400. The molecule has 1 aromatic rings. The second-order valence-corrected chi connectivity index (χ2v) is 3.25. The summed E-state index contributed by atoms with van der Waals surface area (Å²) < 4.78 is 5.36. The topological polar surface area (TPSA) is 38.5 Å². The van der Waals surface area contributed by atoms with E-state index in [9.17, 15) is 0 Å². The van der Waals surface area contributed by atoms with E-state index < -0.39 is 0 Å². The third kappa shape index (κ3) is 1.92. The summed E-state index contributed by atoms with van der Waals surface area (Å²) in [6, 6.07) is 7.90. The van der Waals surface area contributed by atoms with Crippen molar-refractivity contribution in [2.24, 2.45) is 0 Å². The van der Waals surface area contributed by atoms with Gasteiger partial charge in [-0.3, -0.25) is 0 Å². The summed E-state index contributed by atoms with van der Waals surface area (Å²) in [4.78, 5) is 2.21. The molecular formula is C10H14N2O. The number of ether oxygens (including phenoxy) is 1. The van der Waals surface area contributed by atoms with Gasteiger partial charge in [0.05, 0.1) is 6.61 Å². The summed E-state index contributed by atoms with van der Waals surface area (Å²) >= 11 is 0. The number of hydrogen-bond donors (Lipinski definition) is 1. The Bertz CT molecular complexity index is 265. The largest absolute Gasteiger partial charge is 0.399 e. The number of hydrogen-bond acceptors (Lipinski definition) is 3. The van der Waals surface area contributed by atoms with Crippen LogP contribution in [0.1, 0.15) is 6.42 Å². The molecule has 0 aromatic heterocycles. The number of nitrogens with two attached hydrogens (primary N) is 1. The first-order valence-corrected chi connectivity index (χ1v) is 4.54. The molecule has 1 aliphatic heterocycles. The van der Waals surface area contributed by atoms with Gasteiger partial charge in [-0.15, -0.1) is 0 Å². The maximum absolute atomic E-state index is 5.61. The summed E-state index contributed by atoms with van der Waals surface area (Å²) in [7, 11) is 0. The van der Waals surface area contributed by atoms with E-state index in [1.54, 1.807) is 0 Å². The SMILES string of the molecule is Nc1ccc(N2CCCOC2)cc1. The minimum Gasteiger partial charge on any atom is -0.399 e. The van der Waals surface area contributed by atoms with E-state index in [-0.39, 0.29) is 0 Å².